The maximum atomic E-state index is 12.4. The summed E-state index contributed by atoms with van der Waals surface area (Å²) in [5, 5.41) is 9.67. The number of carbonyl (C=O) groups excluding carboxylic acids is 2. The van der Waals surface area contributed by atoms with Crippen molar-refractivity contribution < 1.29 is 19.4 Å². The Bertz CT molecular complexity index is 724. The van der Waals surface area contributed by atoms with E-state index in [2.05, 4.69) is 0 Å². The van der Waals surface area contributed by atoms with Crippen molar-refractivity contribution in [1.29, 1.82) is 0 Å². The molecular weight excluding hydrogens is 332 g/mol. The van der Waals surface area contributed by atoms with Crippen LogP contribution in [0.5, 0.6) is 0 Å². The lowest BCUT2D eigenvalue weighted by Crippen LogP contribution is -2.39. The fourth-order valence-corrected chi connectivity index (χ4v) is 3.13. The summed E-state index contributed by atoms with van der Waals surface area (Å²) in [5.74, 6) is -0.482. The summed E-state index contributed by atoms with van der Waals surface area (Å²) >= 11 is 0. The number of benzene rings is 1. The molecule has 1 aliphatic carbocycles. The molecule has 0 aromatic heterocycles. The largest absolute Gasteiger partial charge is 0.396 e. The third-order valence-electron chi connectivity index (χ3n) is 4.58. The van der Waals surface area contributed by atoms with E-state index in [1.54, 1.807) is 25.3 Å². The van der Waals surface area contributed by atoms with E-state index in [9.17, 15) is 14.7 Å². The first-order valence-corrected chi connectivity index (χ1v) is 8.70. The second kappa shape index (κ2) is 8.98. The SMILES string of the molecule is COC(CC(C)N)C(N=C1C=C(C=O)C(=O)c2ccccc21)C(C)CO. The van der Waals surface area contributed by atoms with Gasteiger partial charge in [-0.2, -0.15) is 0 Å². The predicted molar refractivity (Wildman–Crippen MR) is 101 cm³/mol. The molecule has 140 valence electrons. The molecule has 0 saturated carbocycles. The molecule has 26 heavy (non-hydrogen) atoms. The summed E-state index contributed by atoms with van der Waals surface area (Å²) in [5.41, 5.74) is 7.66. The van der Waals surface area contributed by atoms with Gasteiger partial charge in [0.1, 0.15) is 0 Å². The van der Waals surface area contributed by atoms with Crippen LogP contribution in [-0.2, 0) is 9.53 Å². The normalized spacial score (nSPS) is 20.1. The number of hydrogen-bond acceptors (Lipinski definition) is 6. The third-order valence-corrected chi connectivity index (χ3v) is 4.58. The van der Waals surface area contributed by atoms with Crippen molar-refractivity contribution in [2.24, 2.45) is 16.6 Å². The average molecular weight is 358 g/mol. The first-order valence-electron chi connectivity index (χ1n) is 8.70. The first kappa shape index (κ1) is 20.2. The number of fused-ring (bicyclic) bond motifs is 1. The topological polar surface area (TPSA) is 102 Å². The molecule has 0 aliphatic heterocycles. The summed E-state index contributed by atoms with van der Waals surface area (Å²) in [4.78, 5) is 28.5. The van der Waals surface area contributed by atoms with Crippen molar-refractivity contribution in [3.63, 3.8) is 0 Å². The Morgan fingerprint density at radius 3 is 2.46 bits per heavy atom. The van der Waals surface area contributed by atoms with Crippen LogP contribution < -0.4 is 5.73 Å². The van der Waals surface area contributed by atoms with E-state index >= 15 is 0 Å². The van der Waals surface area contributed by atoms with Crippen LogP contribution in [-0.4, -0.2) is 54.8 Å². The van der Waals surface area contributed by atoms with Gasteiger partial charge in [-0.25, -0.2) is 0 Å². The van der Waals surface area contributed by atoms with Crippen LogP contribution in [0.1, 0.15) is 36.2 Å². The van der Waals surface area contributed by atoms with Crippen molar-refractivity contribution in [2.75, 3.05) is 13.7 Å². The van der Waals surface area contributed by atoms with E-state index < -0.39 is 0 Å². The molecule has 1 aromatic rings. The van der Waals surface area contributed by atoms with Gasteiger partial charge in [0.2, 0.25) is 0 Å². The average Bonchev–Trinajstić information content (AvgIpc) is 2.65. The molecule has 4 atom stereocenters. The van der Waals surface area contributed by atoms with Crippen molar-refractivity contribution in [3.8, 4) is 0 Å². The number of rotatable bonds is 8. The molecule has 0 bridgehead atoms. The number of aliphatic imine (C=N–C) groups is 1. The summed E-state index contributed by atoms with van der Waals surface area (Å²) < 4.78 is 5.59. The maximum Gasteiger partial charge on any atom is 0.197 e. The number of ketones is 1. The van der Waals surface area contributed by atoms with E-state index in [0.29, 0.717) is 29.5 Å². The number of Topliss-reactive ketones (excluding diaryl/α,β-unsaturated/α-hetero) is 1. The molecule has 1 aromatic carbocycles. The number of nitrogens with two attached hydrogens (primary N) is 1. The summed E-state index contributed by atoms with van der Waals surface area (Å²) in [7, 11) is 1.59. The highest BCUT2D eigenvalue weighted by atomic mass is 16.5. The Morgan fingerprint density at radius 1 is 1.27 bits per heavy atom. The Hall–Kier alpha value is -2.15. The predicted octanol–water partition coefficient (Wildman–Crippen LogP) is 1.55. The van der Waals surface area contributed by atoms with Gasteiger partial charge < -0.3 is 15.6 Å². The van der Waals surface area contributed by atoms with Crippen LogP contribution in [0.2, 0.25) is 0 Å². The van der Waals surface area contributed by atoms with Crippen LogP contribution in [0.25, 0.3) is 0 Å². The van der Waals surface area contributed by atoms with Crippen LogP contribution in [0.15, 0.2) is 40.9 Å². The highest BCUT2D eigenvalue weighted by Gasteiger charge is 2.30. The second-order valence-corrected chi connectivity index (χ2v) is 6.74. The zero-order valence-electron chi connectivity index (χ0n) is 15.4. The Kier molecular flexibility index (Phi) is 6.97. The van der Waals surface area contributed by atoms with Crippen LogP contribution in [0.4, 0.5) is 0 Å². The van der Waals surface area contributed by atoms with Gasteiger partial charge in [-0.05, 0) is 19.4 Å². The van der Waals surface area contributed by atoms with Crippen LogP contribution in [0, 0.1) is 5.92 Å². The van der Waals surface area contributed by atoms with Crippen molar-refractivity contribution >= 4 is 17.8 Å². The Morgan fingerprint density at radius 2 is 1.92 bits per heavy atom. The van der Waals surface area contributed by atoms with E-state index in [1.165, 1.54) is 6.08 Å². The second-order valence-electron chi connectivity index (χ2n) is 6.74. The van der Waals surface area contributed by atoms with Gasteiger partial charge in [0.25, 0.3) is 0 Å². The molecule has 1 aliphatic rings. The molecule has 0 spiro atoms. The number of nitrogens with zero attached hydrogens (tertiary/aromatic N) is 1. The van der Waals surface area contributed by atoms with Gasteiger partial charge in [0.15, 0.2) is 12.1 Å². The number of hydrogen-bond donors (Lipinski definition) is 2. The summed E-state index contributed by atoms with van der Waals surface area (Å²) in [6.07, 6.45) is 2.34. The van der Waals surface area contributed by atoms with E-state index in [1.807, 2.05) is 19.9 Å². The van der Waals surface area contributed by atoms with E-state index in [4.69, 9.17) is 15.5 Å². The minimum Gasteiger partial charge on any atom is -0.396 e. The van der Waals surface area contributed by atoms with Crippen LogP contribution >= 0.6 is 0 Å². The van der Waals surface area contributed by atoms with Gasteiger partial charge in [-0.3, -0.25) is 14.6 Å². The molecular formula is C20H26N2O4. The molecule has 2 rings (SSSR count). The van der Waals surface area contributed by atoms with Gasteiger partial charge in [-0.15, -0.1) is 0 Å². The highest BCUT2D eigenvalue weighted by Crippen LogP contribution is 2.24. The number of aldehydes is 1. The van der Waals surface area contributed by atoms with E-state index in [0.717, 1.165) is 0 Å². The van der Waals surface area contributed by atoms with Gasteiger partial charge in [-0.1, -0.05) is 31.2 Å². The van der Waals surface area contributed by atoms with Gasteiger partial charge in [0, 0.05) is 36.8 Å². The molecule has 0 radical (unpaired) electrons. The zero-order chi connectivity index (χ0) is 19.3. The molecule has 4 unspecified atom stereocenters. The molecule has 3 N–H and O–H groups in total. The lowest BCUT2D eigenvalue weighted by atomic mass is 9.88. The zero-order valence-corrected chi connectivity index (χ0v) is 15.4. The lowest BCUT2D eigenvalue weighted by molar-refractivity contribution is -0.104. The number of carbonyl (C=O) groups is 2. The molecule has 0 saturated heterocycles. The summed E-state index contributed by atoms with van der Waals surface area (Å²) in [6, 6.07) is 6.61. The Labute approximate surface area is 153 Å². The Balaban J connectivity index is 2.54. The minimum absolute atomic E-state index is 0.0644. The number of aliphatic hydroxyl groups excluding tert-OH is 1. The maximum absolute atomic E-state index is 12.4. The molecule has 0 amide bonds. The van der Waals surface area contributed by atoms with E-state index in [-0.39, 0.29) is 42.1 Å². The van der Waals surface area contributed by atoms with Gasteiger partial charge in [0.05, 0.1) is 23.4 Å². The van der Waals surface area contributed by atoms with Crippen LogP contribution in [0.3, 0.4) is 0 Å². The third kappa shape index (κ3) is 4.33. The summed E-state index contributed by atoms with van der Waals surface area (Å²) in [6.45, 7) is 3.70. The molecule has 0 heterocycles. The smallest absolute Gasteiger partial charge is 0.197 e. The lowest BCUT2D eigenvalue weighted by Gasteiger charge is -2.29. The van der Waals surface area contributed by atoms with Gasteiger partial charge >= 0.3 is 0 Å². The number of allylic oxidation sites excluding steroid dienone is 2. The van der Waals surface area contributed by atoms with Crippen molar-refractivity contribution in [3.05, 3.63) is 47.0 Å². The minimum atomic E-state index is -0.364. The highest BCUT2D eigenvalue weighted by molar-refractivity contribution is 6.32. The van der Waals surface area contributed by atoms with Crippen molar-refractivity contribution in [2.45, 2.75) is 38.5 Å². The number of methoxy groups -OCH3 is 1. The number of aliphatic hydroxyl groups is 1. The molecule has 6 nitrogen and oxygen atoms in total. The fourth-order valence-electron chi connectivity index (χ4n) is 3.13. The first-order chi connectivity index (χ1) is 12.4. The molecule has 6 heteroatoms. The standard InChI is InChI=1S/C20H26N2O4/c1-12(10-23)19(18(26-3)8-13(2)21)22-17-9-14(11-24)20(25)16-7-5-4-6-15(16)17/h4-7,9,11-13,18-19,23H,8,10,21H2,1-3H3. The fraction of sp³-hybridized carbons (Fsp3) is 0.450. The molecule has 0 fully saturated rings. The monoisotopic (exact) mass is 358 g/mol. The number of ether oxygens (including phenoxy) is 1. The van der Waals surface area contributed by atoms with Crippen molar-refractivity contribution in [1.82, 2.24) is 0 Å². The quantitative estimate of drug-likeness (QED) is 0.542.